The molecule has 0 spiro atoms. The first kappa shape index (κ1) is 19.3. The maximum Gasteiger partial charge on any atom is 0.329 e. The average Bonchev–Trinajstić information content (AvgIpc) is 3.38. The maximum atomic E-state index is 12.6. The van der Waals surface area contributed by atoms with Gasteiger partial charge in [0.2, 0.25) is 0 Å². The molecular weight excluding hydrogens is 362 g/mol. The SMILES string of the molecule is CC(C)c1noc(COC(=O)[C@H](Cc2ccccc2)NC(=O)c2ccco2)n1. The van der Waals surface area contributed by atoms with Gasteiger partial charge >= 0.3 is 5.97 Å². The largest absolute Gasteiger partial charge is 0.459 e. The molecule has 0 bridgehead atoms. The number of nitrogens with one attached hydrogen (secondary N) is 1. The Labute approximate surface area is 161 Å². The van der Waals surface area contributed by atoms with Gasteiger partial charge in [0.1, 0.15) is 6.04 Å². The van der Waals surface area contributed by atoms with Crippen molar-refractivity contribution < 1.29 is 23.3 Å². The average molecular weight is 383 g/mol. The molecule has 1 atom stereocenters. The second-order valence-electron chi connectivity index (χ2n) is 6.50. The smallest absolute Gasteiger partial charge is 0.329 e. The highest BCUT2D eigenvalue weighted by molar-refractivity contribution is 5.94. The molecule has 2 heterocycles. The van der Waals surface area contributed by atoms with Crippen LogP contribution < -0.4 is 5.32 Å². The lowest BCUT2D eigenvalue weighted by Crippen LogP contribution is -2.43. The zero-order valence-electron chi connectivity index (χ0n) is 15.6. The van der Waals surface area contributed by atoms with E-state index in [0.29, 0.717) is 5.82 Å². The number of carbonyl (C=O) groups excluding carboxylic acids is 2. The van der Waals surface area contributed by atoms with Gasteiger partial charge in [0.25, 0.3) is 11.8 Å². The Morgan fingerprint density at radius 1 is 1.14 bits per heavy atom. The van der Waals surface area contributed by atoms with E-state index in [-0.39, 0.29) is 30.6 Å². The van der Waals surface area contributed by atoms with Gasteiger partial charge in [-0.2, -0.15) is 4.98 Å². The Balaban J connectivity index is 1.67. The Hall–Kier alpha value is -3.42. The Kier molecular flexibility index (Phi) is 6.21. The predicted molar refractivity (Wildman–Crippen MR) is 98.3 cm³/mol. The summed E-state index contributed by atoms with van der Waals surface area (Å²) in [7, 11) is 0. The van der Waals surface area contributed by atoms with Crippen LogP contribution in [0.25, 0.3) is 0 Å². The summed E-state index contributed by atoms with van der Waals surface area (Å²) in [6, 6.07) is 11.6. The molecule has 146 valence electrons. The van der Waals surface area contributed by atoms with Crippen LogP contribution >= 0.6 is 0 Å². The lowest BCUT2D eigenvalue weighted by Gasteiger charge is -2.16. The van der Waals surface area contributed by atoms with Crippen molar-refractivity contribution in [2.24, 2.45) is 0 Å². The fourth-order valence-electron chi connectivity index (χ4n) is 2.47. The van der Waals surface area contributed by atoms with Crippen LogP contribution in [-0.4, -0.2) is 28.1 Å². The number of aromatic nitrogens is 2. The number of benzene rings is 1. The summed E-state index contributed by atoms with van der Waals surface area (Å²) >= 11 is 0. The molecule has 1 amide bonds. The minimum atomic E-state index is -0.896. The van der Waals surface area contributed by atoms with Crippen LogP contribution in [0, 0.1) is 0 Å². The third-order valence-corrected chi connectivity index (χ3v) is 3.96. The van der Waals surface area contributed by atoms with Gasteiger partial charge in [-0.05, 0) is 17.7 Å². The van der Waals surface area contributed by atoms with Gasteiger partial charge in [0, 0.05) is 12.3 Å². The first-order valence-corrected chi connectivity index (χ1v) is 8.90. The van der Waals surface area contributed by atoms with Crippen molar-refractivity contribution in [3.63, 3.8) is 0 Å². The minimum Gasteiger partial charge on any atom is -0.459 e. The van der Waals surface area contributed by atoms with Crippen molar-refractivity contribution in [2.45, 2.75) is 38.8 Å². The van der Waals surface area contributed by atoms with Crippen molar-refractivity contribution in [1.29, 1.82) is 0 Å². The fraction of sp³-hybridized carbons (Fsp3) is 0.300. The van der Waals surface area contributed by atoms with E-state index in [9.17, 15) is 9.59 Å². The van der Waals surface area contributed by atoms with E-state index in [2.05, 4.69) is 15.5 Å². The third kappa shape index (κ3) is 5.06. The standard InChI is InChI=1S/C20H21N3O5/c1-13(2)18-22-17(28-23-18)12-27-20(25)15(11-14-7-4-3-5-8-14)21-19(24)16-9-6-10-26-16/h3-10,13,15H,11-12H2,1-2H3,(H,21,24)/t15-/m0/s1. The quantitative estimate of drug-likeness (QED) is 0.596. The number of furan rings is 1. The molecule has 0 saturated carbocycles. The number of hydrogen-bond acceptors (Lipinski definition) is 7. The van der Waals surface area contributed by atoms with Crippen molar-refractivity contribution >= 4 is 11.9 Å². The van der Waals surface area contributed by atoms with E-state index < -0.39 is 17.9 Å². The van der Waals surface area contributed by atoms with E-state index >= 15 is 0 Å². The zero-order valence-corrected chi connectivity index (χ0v) is 15.6. The predicted octanol–water partition coefficient (Wildman–Crippen LogP) is 2.87. The highest BCUT2D eigenvalue weighted by Crippen LogP contribution is 2.11. The molecule has 0 aliphatic carbocycles. The van der Waals surface area contributed by atoms with Crippen LogP contribution in [0.1, 0.15) is 47.6 Å². The van der Waals surface area contributed by atoms with Crippen LogP contribution in [0.5, 0.6) is 0 Å². The van der Waals surface area contributed by atoms with Crippen molar-refractivity contribution in [3.05, 3.63) is 71.8 Å². The molecular formula is C20H21N3O5. The van der Waals surface area contributed by atoms with Crippen molar-refractivity contribution in [2.75, 3.05) is 0 Å². The van der Waals surface area contributed by atoms with Gasteiger partial charge in [-0.15, -0.1) is 0 Å². The number of esters is 1. The van der Waals surface area contributed by atoms with Crippen molar-refractivity contribution in [1.82, 2.24) is 15.5 Å². The number of rotatable bonds is 8. The van der Waals surface area contributed by atoms with Gasteiger partial charge < -0.3 is 19.0 Å². The molecule has 3 rings (SSSR count). The van der Waals surface area contributed by atoms with Crippen molar-refractivity contribution in [3.8, 4) is 0 Å². The van der Waals surface area contributed by atoms with E-state index in [1.54, 1.807) is 6.07 Å². The summed E-state index contributed by atoms with van der Waals surface area (Å²) in [5.41, 5.74) is 0.879. The summed E-state index contributed by atoms with van der Waals surface area (Å²) in [4.78, 5) is 29.1. The molecule has 0 unspecified atom stereocenters. The molecule has 2 aromatic heterocycles. The second-order valence-corrected chi connectivity index (χ2v) is 6.50. The van der Waals surface area contributed by atoms with E-state index in [1.165, 1.54) is 12.3 Å². The molecule has 0 radical (unpaired) electrons. The second kappa shape index (κ2) is 8.98. The Morgan fingerprint density at radius 2 is 1.93 bits per heavy atom. The zero-order chi connectivity index (χ0) is 19.9. The molecule has 0 fully saturated rings. The maximum absolute atomic E-state index is 12.6. The van der Waals surface area contributed by atoms with Crippen LogP contribution in [0.15, 0.2) is 57.7 Å². The Bertz CT molecular complexity index is 903. The number of nitrogens with zero attached hydrogens (tertiary/aromatic N) is 2. The molecule has 8 nitrogen and oxygen atoms in total. The van der Waals surface area contributed by atoms with Gasteiger partial charge in [0.15, 0.2) is 18.2 Å². The lowest BCUT2D eigenvalue weighted by molar-refractivity contribution is -0.148. The molecule has 0 aliphatic heterocycles. The summed E-state index contributed by atoms with van der Waals surface area (Å²) < 4.78 is 15.5. The van der Waals surface area contributed by atoms with Crippen LogP contribution in [0.2, 0.25) is 0 Å². The van der Waals surface area contributed by atoms with Gasteiger partial charge in [-0.1, -0.05) is 49.3 Å². The summed E-state index contributed by atoms with van der Waals surface area (Å²) in [5, 5.41) is 6.48. The minimum absolute atomic E-state index is 0.103. The summed E-state index contributed by atoms with van der Waals surface area (Å²) in [6.07, 6.45) is 1.66. The fourth-order valence-corrected chi connectivity index (χ4v) is 2.47. The van der Waals surface area contributed by atoms with E-state index in [4.69, 9.17) is 13.7 Å². The first-order valence-electron chi connectivity index (χ1n) is 8.90. The topological polar surface area (TPSA) is 107 Å². The van der Waals surface area contributed by atoms with Gasteiger partial charge in [-0.25, -0.2) is 4.79 Å². The summed E-state index contributed by atoms with van der Waals surface area (Å²) in [6.45, 7) is 3.70. The summed E-state index contributed by atoms with van der Waals surface area (Å²) in [5.74, 6) is -0.141. The monoisotopic (exact) mass is 383 g/mol. The molecule has 0 saturated heterocycles. The molecule has 1 aromatic carbocycles. The number of ether oxygens (including phenoxy) is 1. The third-order valence-electron chi connectivity index (χ3n) is 3.96. The molecule has 0 aliphatic rings. The van der Waals surface area contributed by atoms with Gasteiger partial charge in [0.05, 0.1) is 6.26 Å². The van der Waals surface area contributed by atoms with Gasteiger partial charge in [-0.3, -0.25) is 4.79 Å². The molecule has 1 N–H and O–H groups in total. The Morgan fingerprint density at radius 3 is 2.57 bits per heavy atom. The number of hydrogen-bond donors (Lipinski definition) is 1. The van der Waals surface area contributed by atoms with Crippen LogP contribution in [0.4, 0.5) is 0 Å². The normalized spacial score (nSPS) is 12.0. The molecule has 28 heavy (non-hydrogen) atoms. The van der Waals surface area contributed by atoms with Crippen LogP contribution in [-0.2, 0) is 22.6 Å². The molecule has 3 aromatic rings. The van der Waals surface area contributed by atoms with E-state index in [0.717, 1.165) is 5.56 Å². The molecule has 8 heteroatoms. The van der Waals surface area contributed by atoms with E-state index in [1.807, 2.05) is 44.2 Å². The first-order chi connectivity index (χ1) is 13.5. The highest BCUT2D eigenvalue weighted by atomic mass is 16.6. The number of amides is 1. The lowest BCUT2D eigenvalue weighted by atomic mass is 10.1. The number of carbonyl (C=O) groups is 2. The highest BCUT2D eigenvalue weighted by Gasteiger charge is 2.25. The van der Waals surface area contributed by atoms with Crippen LogP contribution in [0.3, 0.4) is 0 Å².